The lowest BCUT2D eigenvalue weighted by molar-refractivity contribution is 0.0397. The molecule has 0 aliphatic heterocycles. The summed E-state index contributed by atoms with van der Waals surface area (Å²) >= 11 is 0. The summed E-state index contributed by atoms with van der Waals surface area (Å²) in [5.41, 5.74) is 2.68. The Morgan fingerprint density at radius 3 is 1.91 bits per heavy atom. The van der Waals surface area contributed by atoms with Crippen LogP contribution in [0.3, 0.4) is 0 Å². The molecule has 0 aromatic heterocycles. The second kappa shape index (κ2) is 7.08. The van der Waals surface area contributed by atoms with Gasteiger partial charge in [0.15, 0.2) is 5.78 Å². The second-order valence-electron chi connectivity index (χ2n) is 8.75. The summed E-state index contributed by atoms with van der Waals surface area (Å²) in [6.07, 6.45) is 0. The molecule has 1 aliphatic rings. The third kappa shape index (κ3) is 2.71. The number of ketones is 1. The van der Waals surface area contributed by atoms with Gasteiger partial charge in [-0.1, -0.05) is 84.9 Å². The Morgan fingerprint density at radius 1 is 0.514 bits per heavy atom. The lowest BCUT2D eigenvalue weighted by atomic mass is 9.92. The van der Waals surface area contributed by atoms with Gasteiger partial charge in [-0.25, -0.2) is 9.59 Å². The highest BCUT2D eigenvalue weighted by atomic mass is 16.6. The van der Waals surface area contributed by atoms with Gasteiger partial charge in [-0.3, -0.25) is 4.79 Å². The van der Waals surface area contributed by atoms with E-state index in [0.717, 1.165) is 37.9 Å². The first kappa shape index (κ1) is 19.6. The van der Waals surface area contributed by atoms with Crippen LogP contribution in [-0.2, 0) is 4.74 Å². The molecule has 0 saturated carbocycles. The molecule has 4 heteroatoms. The molecule has 35 heavy (non-hydrogen) atoms. The van der Waals surface area contributed by atoms with Crippen molar-refractivity contribution in [1.29, 1.82) is 0 Å². The number of hydrogen-bond acceptors (Lipinski definition) is 4. The first-order valence-corrected chi connectivity index (χ1v) is 11.3. The van der Waals surface area contributed by atoms with Crippen molar-refractivity contribution in [2.45, 2.75) is 0 Å². The topological polar surface area (TPSA) is 60.4 Å². The Labute approximate surface area is 199 Å². The van der Waals surface area contributed by atoms with E-state index in [4.69, 9.17) is 4.74 Å². The second-order valence-corrected chi connectivity index (χ2v) is 8.75. The molecule has 164 valence electrons. The molecule has 0 fully saturated rings. The van der Waals surface area contributed by atoms with Crippen LogP contribution in [0.2, 0.25) is 0 Å². The van der Waals surface area contributed by atoms with Crippen molar-refractivity contribution in [1.82, 2.24) is 0 Å². The van der Waals surface area contributed by atoms with Gasteiger partial charge in [0.05, 0.1) is 11.1 Å². The Kier molecular flexibility index (Phi) is 3.97. The van der Waals surface area contributed by atoms with Crippen molar-refractivity contribution in [2.24, 2.45) is 0 Å². The number of rotatable bonds is 2. The maximum Gasteiger partial charge on any atom is 0.346 e. The van der Waals surface area contributed by atoms with Gasteiger partial charge in [-0.15, -0.1) is 0 Å². The van der Waals surface area contributed by atoms with Crippen LogP contribution in [0.4, 0.5) is 0 Å². The standard InChI is InChI=1S/C31H16O4/c32-29-23-8-2-1-7-20(23)21-9-4-10-25(28(21)29)31(34)35-30(33)24-16-14-19-12-11-17-5-3-6-18-13-15-22(24)27(19)26(17)18/h1-16H. The molecule has 0 N–H and O–H groups in total. The summed E-state index contributed by atoms with van der Waals surface area (Å²) in [6, 6.07) is 29.9. The molecule has 0 atom stereocenters. The van der Waals surface area contributed by atoms with E-state index in [-0.39, 0.29) is 16.9 Å². The molecule has 1 aliphatic carbocycles. The Morgan fingerprint density at radius 2 is 1.11 bits per heavy atom. The Bertz CT molecular complexity index is 1860. The number of esters is 2. The molecule has 7 rings (SSSR count). The summed E-state index contributed by atoms with van der Waals surface area (Å²) < 4.78 is 5.36. The average molecular weight is 452 g/mol. The third-order valence-electron chi connectivity index (χ3n) is 6.91. The molecule has 0 bridgehead atoms. The zero-order chi connectivity index (χ0) is 23.7. The van der Waals surface area contributed by atoms with Gasteiger partial charge in [0.1, 0.15) is 0 Å². The zero-order valence-corrected chi connectivity index (χ0v) is 18.4. The summed E-state index contributed by atoms with van der Waals surface area (Å²) in [6.45, 7) is 0. The van der Waals surface area contributed by atoms with Crippen molar-refractivity contribution < 1.29 is 19.1 Å². The molecule has 0 spiro atoms. The van der Waals surface area contributed by atoms with Gasteiger partial charge in [0, 0.05) is 11.1 Å². The molecule has 0 radical (unpaired) electrons. The molecule has 4 nitrogen and oxygen atoms in total. The van der Waals surface area contributed by atoms with Gasteiger partial charge in [-0.05, 0) is 55.6 Å². The molecule has 0 heterocycles. The first-order valence-electron chi connectivity index (χ1n) is 11.3. The maximum absolute atomic E-state index is 13.2. The monoisotopic (exact) mass is 452 g/mol. The molecule has 0 unspecified atom stereocenters. The van der Waals surface area contributed by atoms with E-state index in [9.17, 15) is 14.4 Å². The number of hydrogen-bond donors (Lipinski definition) is 0. The van der Waals surface area contributed by atoms with Gasteiger partial charge < -0.3 is 4.74 Å². The largest absolute Gasteiger partial charge is 0.386 e. The summed E-state index contributed by atoms with van der Waals surface area (Å²) in [4.78, 5) is 39.5. The quantitative estimate of drug-likeness (QED) is 0.165. The minimum Gasteiger partial charge on any atom is -0.386 e. The van der Waals surface area contributed by atoms with Crippen LogP contribution in [0.5, 0.6) is 0 Å². The van der Waals surface area contributed by atoms with Crippen molar-refractivity contribution in [2.75, 3.05) is 0 Å². The number of carbonyl (C=O) groups excluding carboxylic acids is 3. The van der Waals surface area contributed by atoms with Crippen molar-refractivity contribution >= 4 is 50.0 Å². The van der Waals surface area contributed by atoms with Gasteiger partial charge in [0.25, 0.3) is 0 Å². The van der Waals surface area contributed by atoms with Crippen LogP contribution in [0.1, 0.15) is 36.6 Å². The van der Waals surface area contributed by atoms with E-state index in [1.54, 1.807) is 30.3 Å². The van der Waals surface area contributed by atoms with E-state index in [2.05, 4.69) is 6.07 Å². The molecule has 6 aromatic rings. The summed E-state index contributed by atoms with van der Waals surface area (Å²) in [5, 5.41) is 5.95. The zero-order valence-electron chi connectivity index (χ0n) is 18.4. The fraction of sp³-hybridized carbons (Fsp3) is 0. The van der Waals surface area contributed by atoms with Gasteiger partial charge >= 0.3 is 11.9 Å². The van der Waals surface area contributed by atoms with E-state index in [1.165, 1.54) is 6.07 Å². The smallest absolute Gasteiger partial charge is 0.346 e. The predicted octanol–water partition coefficient (Wildman–Crippen LogP) is 6.79. The lowest BCUT2D eigenvalue weighted by Gasteiger charge is -2.13. The first-order chi connectivity index (χ1) is 17.1. The number of fused-ring (bicyclic) bond motifs is 3. The van der Waals surface area contributed by atoms with Crippen LogP contribution in [0, 0.1) is 0 Å². The predicted molar refractivity (Wildman–Crippen MR) is 135 cm³/mol. The van der Waals surface area contributed by atoms with Crippen LogP contribution in [0.25, 0.3) is 43.4 Å². The van der Waals surface area contributed by atoms with E-state index < -0.39 is 11.9 Å². The van der Waals surface area contributed by atoms with Gasteiger partial charge in [0.2, 0.25) is 0 Å². The van der Waals surface area contributed by atoms with Gasteiger partial charge in [-0.2, -0.15) is 0 Å². The third-order valence-corrected chi connectivity index (χ3v) is 6.91. The molecule has 6 aromatic carbocycles. The summed E-state index contributed by atoms with van der Waals surface area (Å²) in [7, 11) is 0. The van der Waals surface area contributed by atoms with Crippen molar-refractivity contribution in [3.05, 3.63) is 119 Å². The number of carbonyl (C=O) groups is 3. The van der Waals surface area contributed by atoms with Crippen molar-refractivity contribution in [3.8, 4) is 11.1 Å². The summed E-state index contributed by atoms with van der Waals surface area (Å²) in [5.74, 6) is -1.81. The fourth-order valence-electron chi connectivity index (χ4n) is 5.35. The highest BCUT2D eigenvalue weighted by molar-refractivity contribution is 6.28. The lowest BCUT2D eigenvalue weighted by Crippen LogP contribution is -2.16. The van der Waals surface area contributed by atoms with E-state index >= 15 is 0 Å². The Balaban J connectivity index is 1.31. The highest BCUT2D eigenvalue weighted by Crippen LogP contribution is 2.39. The Hall–Kier alpha value is -4.83. The number of ether oxygens (including phenoxy) is 1. The molecular formula is C31H16O4. The highest BCUT2D eigenvalue weighted by Gasteiger charge is 2.32. The van der Waals surface area contributed by atoms with Crippen LogP contribution in [-0.4, -0.2) is 17.7 Å². The normalized spacial score (nSPS) is 12.3. The minimum atomic E-state index is -0.835. The minimum absolute atomic E-state index is 0.0924. The van der Waals surface area contributed by atoms with Crippen LogP contribution in [0.15, 0.2) is 97.1 Å². The molecule has 0 saturated heterocycles. The van der Waals surface area contributed by atoms with Crippen LogP contribution < -0.4 is 0 Å². The van der Waals surface area contributed by atoms with Crippen molar-refractivity contribution in [3.63, 3.8) is 0 Å². The average Bonchev–Trinajstić information content (AvgIpc) is 3.19. The molecule has 0 amide bonds. The number of benzene rings is 6. The van der Waals surface area contributed by atoms with Crippen LogP contribution >= 0.6 is 0 Å². The molecular weight excluding hydrogens is 436 g/mol. The van der Waals surface area contributed by atoms with E-state index in [0.29, 0.717) is 16.7 Å². The SMILES string of the molecule is O=C(OC(=O)c1ccc2ccc3cccc4ccc1c2c34)c1cccc2c1C(=O)c1ccccc1-2. The maximum atomic E-state index is 13.2. The fourth-order valence-corrected chi connectivity index (χ4v) is 5.35. The van der Waals surface area contributed by atoms with E-state index in [1.807, 2.05) is 54.6 Å².